The summed E-state index contributed by atoms with van der Waals surface area (Å²) in [4.78, 5) is 0. The predicted octanol–water partition coefficient (Wildman–Crippen LogP) is 11.4. The van der Waals surface area contributed by atoms with Crippen molar-refractivity contribution in [3.63, 3.8) is 0 Å². The van der Waals surface area contributed by atoms with Crippen LogP contribution in [0.1, 0.15) is 148 Å². The molecule has 2 N–H and O–H groups in total. The zero-order chi connectivity index (χ0) is 29.1. The van der Waals surface area contributed by atoms with Crippen molar-refractivity contribution in [3.05, 3.63) is 54.1 Å². The lowest BCUT2D eigenvalue weighted by molar-refractivity contribution is 0.258. The highest BCUT2D eigenvalue weighted by atomic mass is 16.5. The van der Waals surface area contributed by atoms with Crippen molar-refractivity contribution in [1.29, 1.82) is 0 Å². The Labute approximate surface area is 253 Å². The smallest absolute Gasteiger partial charge is 0.161 e. The van der Waals surface area contributed by atoms with Gasteiger partial charge < -0.3 is 14.9 Å². The molecule has 0 radical (unpaired) electrons. The number of unbranched alkanes of at least 4 members (excludes halogenated alkanes) is 18. The summed E-state index contributed by atoms with van der Waals surface area (Å²) in [5, 5.41) is 0. The second-order valence-corrected chi connectivity index (χ2v) is 11.7. The number of anilines is 1. The van der Waals surface area contributed by atoms with Crippen molar-refractivity contribution in [2.24, 2.45) is 0 Å². The fourth-order valence-electron chi connectivity index (χ4n) is 5.21. The summed E-state index contributed by atoms with van der Waals surface area (Å²) in [6.07, 6.45) is 26.7. The van der Waals surface area contributed by atoms with Gasteiger partial charge in [-0.2, -0.15) is 0 Å². The SMILES string of the molecule is CCCCCCCCCCCCOc1ccc(CNNc2ccccc2)cc1OCCCCCCCCCCCC. The minimum atomic E-state index is 0.711. The van der Waals surface area contributed by atoms with Crippen LogP contribution in [0.3, 0.4) is 0 Å². The average Bonchev–Trinajstić information content (AvgIpc) is 3.00. The molecule has 0 spiro atoms. The van der Waals surface area contributed by atoms with E-state index in [-0.39, 0.29) is 0 Å². The van der Waals surface area contributed by atoms with Crippen LogP contribution in [0, 0.1) is 0 Å². The maximum atomic E-state index is 6.29. The molecule has 0 amide bonds. The second-order valence-electron chi connectivity index (χ2n) is 11.7. The molecule has 2 aromatic rings. The molecule has 0 aliphatic carbocycles. The first-order chi connectivity index (χ1) is 20.3. The highest BCUT2D eigenvalue weighted by Gasteiger charge is 2.08. The number of rotatable bonds is 28. The Balaban J connectivity index is 1.70. The summed E-state index contributed by atoms with van der Waals surface area (Å²) in [6, 6.07) is 16.6. The monoisotopic (exact) mass is 566 g/mol. The van der Waals surface area contributed by atoms with E-state index in [4.69, 9.17) is 9.47 Å². The van der Waals surface area contributed by atoms with Gasteiger partial charge in [-0.05, 0) is 42.7 Å². The molecule has 4 heteroatoms. The van der Waals surface area contributed by atoms with Gasteiger partial charge in [-0.1, -0.05) is 154 Å². The lowest BCUT2D eigenvalue weighted by Gasteiger charge is -2.15. The summed E-state index contributed by atoms with van der Waals surface area (Å²) < 4.78 is 12.5. The minimum Gasteiger partial charge on any atom is -0.490 e. The van der Waals surface area contributed by atoms with Gasteiger partial charge in [-0.25, -0.2) is 5.43 Å². The number of nitrogens with one attached hydrogen (secondary N) is 2. The first-order valence-electron chi connectivity index (χ1n) is 17.3. The van der Waals surface area contributed by atoms with Gasteiger partial charge >= 0.3 is 0 Å². The Morgan fingerprint density at radius 1 is 0.488 bits per heavy atom. The normalized spacial score (nSPS) is 11.1. The van der Waals surface area contributed by atoms with E-state index in [9.17, 15) is 0 Å². The van der Waals surface area contributed by atoms with Crippen molar-refractivity contribution in [3.8, 4) is 11.5 Å². The van der Waals surface area contributed by atoms with Gasteiger partial charge in [0.1, 0.15) is 0 Å². The fourth-order valence-corrected chi connectivity index (χ4v) is 5.21. The van der Waals surface area contributed by atoms with E-state index < -0.39 is 0 Å². The van der Waals surface area contributed by atoms with Crippen molar-refractivity contribution in [1.82, 2.24) is 5.43 Å². The predicted molar refractivity (Wildman–Crippen MR) is 178 cm³/mol. The molecule has 0 fully saturated rings. The van der Waals surface area contributed by atoms with Gasteiger partial charge in [-0.3, -0.25) is 0 Å². The van der Waals surface area contributed by atoms with E-state index >= 15 is 0 Å². The van der Waals surface area contributed by atoms with E-state index in [1.54, 1.807) is 0 Å². The van der Waals surface area contributed by atoms with Gasteiger partial charge in [0.2, 0.25) is 0 Å². The van der Waals surface area contributed by atoms with E-state index in [2.05, 4.69) is 55.0 Å². The number of ether oxygens (including phenoxy) is 2. The van der Waals surface area contributed by atoms with Crippen LogP contribution >= 0.6 is 0 Å². The Morgan fingerprint density at radius 3 is 1.46 bits per heavy atom. The fraction of sp³-hybridized carbons (Fsp3) is 0.676. The lowest BCUT2D eigenvalue weighted by atomic mass is 10.1. The Morgan fingerprint density at radius 2 is 0.951 bits per heavy atom. The molecular weight excluding hydrogens is 504 g/mol. The molecule has 2 rings (SSSR count). The summed E-state index contributed by atoms with van der Waals surface area (Å²) in [7, 11) is 0. The highest BCUT2D eigenvalue weighted by Crippen LogP contribution is 2.29. The molecule has 232 valence electrons. The Hall–Kier alpha value is -2.20. The molecule has 41 heavy (non-hydrogen) atoms. The third-order valence-corrected chi connectivity index (χ3v) is 7.82. The molecule has 0 atom stereocenters. The van der Waals surface area contributed by atoms with Crippen LogP contribution in [-0.4, -0.2) is 13.2 Å². The molecule has 0 bridgehead atoms. The molecule has 0 aliphatic rings. The van der Waals surface area contributed by atoms with Crippen LogP contribution in [-0.2, 0) is 6.54 Å². The molecule has 2 aromatic carbocycles. The zero-order valence-corrected chi connectivity index (χ0v) is 26.7. The molecule has 0 saturated heterocycles. The first-order valence-corrected chi connectivity index (χ1v) is 17.3. The topological polar surface area (TPSA) is 42.5 Å². The number of hydrogen-bond donors (Lipinski definition) is 2. The first kappa shape index (κ1) is 35.0. The van der Waals surface area contributed by atoms with Crippen molar-refractivity contribution < 1.29 is 9.47 Å². The van der Waals surface area contributed by atoms with Crippen LogP contribution in [0.25, 0.3) is 0 Å². The summed E-state index contributed by atoms with van der Waals surface area (Å²) in [5.74, 6) is 1.76. The van der Waals surface area contributed by atoms with Gasteiger partial charge in [-0.15, -0.1) is 0 Å². The second kappa shape index (κ2) is 25.5. The zero-order valence-electron chi connectivity index (χ0n) is 26.7. The van der Waals surface area contributed by atoms with Crippen molar-refractivity contribution in [2.45, 2.75) is 149 Å². The van der Waals surface area contributed by atoms with Crippen molar-refractivity contribution >= 4 is 5.69 Å². The third kappa shape index (κ3) is 18.8. The van der Waals surface area contributed by atoms with Crippen molar-refractivity contribution in [2.75, 3.05) is 18.6 Å². The maximum Gasteiger partial charge on any atom is 0.161 e. The molecule has 4 nitrogen and oxygen atoms in total. The summed E-state index contributed by atoms with van der Waals surface area (Å²) >= 11 is 0. The molecule has 0 aromatic heterocycles. The van der Waals surface area contributed by atoms with E-state index in [0.29, 0.717) is 6.54 Å². The number of hydrogen-bond acceptors (Lipinski definition) is 4. The van der Waals surface area contributed by atoms with E-state index in [1.165, 1.54) is 121 Å². The summed E-state index contributed by atoms with van der Waals surface area (Å²) in [5.41, 5.74) is 8.83. The molecular formula is C37H62N2O2. The minimum absolute atomic E-state index is 0.711. The van der Waals surface area contributed by atoms with Gasteiger partial charge in [0.25, 0.3) is 0 Å². The quantitative estimate of drug-likeness (QED) is 0.0794. The van der Waals surface area contributed by atoms with Crippen LogP contribution in [0.4, 0.5) is 5.69 Å². The van der Waals surface area contributed by atoms with Gasteiger partial charge in [0, 0.05) is 12.2 Å². The molecule has 0 heterocycles. The highest BCUT2D eigenvalue weighted by molar-refractivity contribution is 5.44. The standard InChI is InChI=1S/C37H62N2O2/c1-3-5-7-9-11-13-15-17-19-24-30-40-36-29-28-34(33-38-39-35-26-22-21-23-27-35)32-37(36)41-31-25-20-18-16-14-12-10-8-6-4-2/h21-23,26-29,32,38-39H,3-20,24-25,30-31,33H2,1-2H3. The molecule has 0 aliphatic heterocycles. The van der Waals surface area contributed by atoms with Crippen LogP contribution < -0.4 is 20.3 Å². The number of para-hydroxylation sites is 1. The van der Waals surface area contributed by atoms with E-state index in [0.717, 1.165) is 43.2 Å². The summed E-state index contributed by atoms with van der Waals surface area (Å²) in [6.45, 7) is 6.79. The van der Waals surface area contributed by atoms with Crippen LogP contribution in [0.5, 0.6) is 11.5 Å². The van der Waals surface area contributed by atoms with E-state index in [1.807, 2.05) is 18.2 Å². The maximum absolute atomic E-state index is 6.29. The Kier molecular flexibility index (Phi) is 21.8. The Bertz CT molecular complexity index is 842. The third-order valence-electron chi connectivity index (χ3n) is 7.82. The lowest BCUT2D eigenvalue weighted by Crippen LogP contribution is -2.20. The van der Waals surface area contributed by atoms with Crippen LogP contribution in [0.15, 0.2) is 48.5 Å². The largest absolute Gasteiger partial charge is 0.490 e. The number of hydrazine groups is 1. The van der Waals surface area contributed by atoms with Gasteiger partial charge in [0.05, 0.1) is 13.2 Å². The molecule has 0 unspecified atom stereocenters. The molecule has 0 saturated carbocycles. The average molecular weight is 567 g/mol. The van der Waals surface area contributed by atoms with Crippen LogP contribution in [0.2, 0.25) is 0 Å². The van der Waals surface area contributed by atoms with Gasteiger partial charge in [0.15, 0.2) is 11.5 Å². The number of benzene rings is 2.